The van der Waals surface area contributed by atoms with Crippen molar-refractivity contribution in [2.45, 2.75) is 0 Å². The Hall–Kier alpha value is 1.56. The zero-order chi connectivity index (χ0) is 20.7. The topological polar surface area (TPSA) is 0 Å². The van der Waals surface area contributed by atoms with Crippen LogP contribution in [0.5, 0.6) is 0 Å². The van der Waals surface area contributed by atoms with Crippen LogP contribution >= 0.6 is 0 Å². The van der Waals surface area contributed by atoms with Gasteiger partial charge in [0.05, 0.1) is 0 Å². The Morgan fingerprint density at radius 1 is 0.182 bits per heavy atom. The van der Waals surface area contributed by atoms with Crippen LogP contribution in [-0.2, 0) is 51.2 Å². The van der Waals surface area contributed by atoms with Crippen LogP contribution in [-0.4, -0.2) is 0 Å². The summed E-state index contributed by atoms with van der Waals surface area (Å²) in [4.78, 5) is 0. The maximum Gasteiger partial charge on any atom is 2.00 e. The minimum Gasteiger partial charge on any atom is -0.0312 e. The van der Waals surface area contributed by atoms with E-state index in [1.165, 1.54) is 23.7 Å². The van der Waals surface area contributed by atoms with Gasteiger partial charge >= 0.3 is 51.2 Å². The third-order valence-electron chi connectivity index (χ3n) is 4.43. The third kappa shape index (κ3) is 14.8. The molecule has 0 bridgehead atoms. The molecule has 6 aliphatic rings. The first-order chi connectivity index (χ1) is 14.9. The van der Waals surface area contributed by atoms with Crippen LogP contribution in [0.15, 0.2) is 0 Å². The molecule has 0 heterocycles. The zero-order valence-electron chi connectivity index (χ0n) is 18.1. The molecule has 0 spiro atoms. The molecule has 0 aliphatic heterocycles. The first kappa shape index (κ1) is 34.6. The summed E-state index contributed by atoms with van der Waals surface area (Å²) in [6.07, 6.45) is 53.4. The van der Waals surface area contributed by atoms with E-state index in [2.05, 4.69) is 103 Å². The van der Waals surface area contributed by atoms with Gasteiger partial charge in [-0.1, -0.05) is 0 Å². The second-order valence-corrected chi connectivity index (χ2v) is 6.62. The first-order valence-electron chi connectivity index (χ1n) is 10.1. The summed E-state index contributed by atoms with van der Waals surface area (Å²) in [5.41, 5.74) is 0. The predicted octanol–water partition coefficient (Wildman–Crippen LogP) is 5.63. The van der Waals surface area contributed by atoms with E-state index >= 15 is 0 Å². The van der Waals surface area contributed by atoms with Gasteiger partial charge in [0, 0.05) is 0 Å². The quantitative estimate of drug-likeness (QED) is 0.389. The summed E-state index contributed by atoms with van der Waals surface area (Å²) in [7, 11) is 0. The molecule has 6 aliphatic carbocycles. The Bertz CT molecular complexity index is 300. The molecule has 0 atom stereocenters. The van der Waals surface area contributed by atoms with E-state index in [0.29, 0.717) is 0 Å². The predicted molar refractivity (Wildman–Crippen MR) is 125 cm³/mol. The van der Waals surface area contributed by atoms with Crippen LogP contribution < -0.4 is 0 Å². The molecule has 0 nitrogen and oxygen atoms in total. The molecule has 6 rings (SSSR count). The summed E-state index contributed by atoms with van der Waals surface area (Å²) < 4.78 is 0. The minimum atomic E-state index is 0. The van der Waals surface area contributed by atoms with Crippen molar-refractivity contribution in [2.24, 2.45) is 0 Å². The summed E-state index contributed by atoms with van der Waals surface area (Å²) in [6.45, 7) is 0. The van der Waals surface area contributed by atoms with Crippen molar-refractivity contribution in [3.05, 3.63) is 191 Å². The fraction of sp³-hybridized carbons (Fsp3) is 0. The molecule has 0 amide bonds. The van der Waals surface area contributed by atoms with Crippen molar-refractivity contribution in [1.82, 2.24) is 0 Å². The zero-order valence-corrected chi connectivity index (χ0v) is 21.4. The number of hydrogen-bond acceptors (Lipinski definition) is 0. The van der Waals surface area contributed by atoms with Crippen LogP contribution in [0.4, 0.5) is 0 Å². The molecule has 0 unspecified atom stereocenters. The Balaban J connectivity index is 0.000000420. The standard InChI is InChI=1S/2C10H8.2C5H5.3Fe/c2*1-2-6-9(5-1)10-7-3-4-8-10;2*1-2-4-5-3-1;;;/h2*1-8H;2*1-5H;;;/q;;;;3*+2. The van der Waals surface area contributed by atoms with Crippen molar-refractivity contribution >= 4 is 0 Å². The monoisotopic (exact) mass is 554 g/mol. The van der Waals surface area contributed by atoms with E-state index in [9.17, 15) is 0 Å². The molecular formula is C30H26Fe3+6. The fourth-order valence-electron chi connectivity index (χ4n) is 2.91. The van der Waals surface area contributed by atoms with E-state index in [4.69, 9.17) is 0 Å². The normalized spacial score (nSPS) is 25.5. The average Bonchev–Trinajstić information content (AvgIpc) is 3.68. The van der Waals surface area contributed by atoms with Crippen molar-refractivity contribution in [3.63, 3.8) is 0 Å². The van der Waals surface area contributed by atoms with Gasteiger partial charge in [0.15, 0.2) is 0 Å². The minimum absolute atomic E-state index is 0. The van der Waals surface area contributed by atoms with E-state index < -0.39 is 0 Å². The number of hydrogen-bond donors (Lipinski definition) is 0. The molecule has 0 aromatic heterocycles. The SMILES string of the molecule is [CH]1[CH][CH][CH][CH]1.[CH]1[CH][CH][CH][CH]1.[CH]1[CH][CH][C]([C]2[CH][CH][CH][CH]2)[CH]1.[CH]1[CH][CH][C]([C]2[CH][CH][CH][CH]2)[CH]1.[Fe+2].[Fe+2].[Fe+2]. The maximum atomic E-state index is 2.12. The van der Waals surface area contributed by atoms with Gasteiger partial charge in [0.25, 0.3) is 0 Å². The second-order valence-electron chi connectivity index (χ2n) is 6.62. The summed E-state index contributed by atoms with van der Waals surface area (Å²) in [5, 5.41) is 0. The van der Waals surface area contributed by atoms with Gasteiger partial charge in [0.1, 0.15) is 0 Å². The van der Waals surface area contributed by atoms with Gasteiger partial charge < -0.3 is 0 Å². The van der Waals surface area contributed by atoms with Crippen molar-refractivity contribution < 1.29 is 51.2 Å². The molecule has 6 fully saturated rings. The molecule has 30 radical (unpaired) electrons. The van der Waals surface area contributed by atoms with Crippen LogP contribution in [0, 0.1) is 191 Å². The van der Waals surface area contributed by atoms with E-state index in [-0.39, 0.29) is 51.2 Å². The smallest absolute Gasteiger partial charge is 0.0312 e. The van der Waals surface area contributed by atoms with Gasteiger partial charge in [-0.2, -0.15) is 0 Å². The van der Waals surface area contributed by atoms with Gasteiger partial charge in [-0.05, 0) is 191 Å². The molecule has 0 aromatic rings. The van der Waals surface area contributed by atoms with E-state index in [1.807, 2.05) is 64.2 Å². The van der Waals surface area contributed by atoms with Crippen LogP contribution in [0.2, 0.25) is 0 Å². The van der Waals surface area contributed by atoms with Gasteiger partial charge in [-0.15, -0.1) is 0 Å². The molecule has 0 saturated heterocycles. The van der Waals surface area contributed by atoms with Crippen LogP contribution in [0.1, 0.15) is 0 Å². The summed E-state index contributed by atoms with van der Waals surface area (Å²) >= 11 is 0. The van der Waals surface area contributed by atoms with Crippen molar-refractivity contribution in [2.75, 3.05) is 0 Å². The first-order valence-corrected chi connectivity index (χ1v) is 10.1. The second kappa shape index (κ2) is 22.7. The summed E-state index contributed by atoms with van der Waals surface area (Å²) in [5.74, 6) is 5.24. The molecule has 0 aromatic carbocycles. The van der Waals surface area contributed by atoms with Gasteiger partial charge in [0.2, 0.25) is 0 Å². The van der Waals surface area contributed by atoms with Crippen molar-refractivity contribution in [1.29, 1.82) is 0 Å². The third-order valence-corrected chi connectivity index (χ3v) is 4.43. The van der Waals surface area contributed by atoms with Gasteiger partial charge in [-0.3, -0.25) is 0 Å². The average molecular weight is 554 g/mol. The molecule has 164 valence electrons. The van der Waals surface area contributed by atoms with E-state index in [1.54, 1.807) is 0 Å². The molecule has 6 saturated carbocycles. The molecule has 0 N–H and O–H groups in total. The van der Waals surface area contributed by atoms with E-state index in [0.717, 1.165) is 0 Å². The largest absolute Gasteiger partial charge is 2.00 e. The Morgan fingerprint density at radius 2 is 0.303 bits per heavy atom. The molecule has 33 heavy (non-hydrogen) atoms. The maximum absolute atomic E-state index is 2.12. The molecule has 3 heteroatoms. The van der Waals surface area contributed by atoms with Gasteiger partial charge in [-0.25, -0.2) is 0 Å². The fourth-order valence-corrected chi connectivity index (χ4v) is 2.91. The van der Waals surface area contributed by atoms with Crippen molar-refractivity contribution in [3.8, 4) is 0 Å². The Labute approximate surface area is 240 Å². The molecular weight excluding hydrogens is 528 g/mol. The van der Waals surface area contributed by atoms with Crippen LogP contribution in [0.3, 0.4) is 0 Å². The van der Waals surface area contributed by atoms with Crippen LogP contribution in [0.25, 0.3) is 0 Å². The summed E-state index contributed by atoms with van der Waals surface area (Å²) in [6, 6.07) is 0. The number of rotatable bonds is 2. The Kier molecular flexibility index (Phi) is 23.8. The Morgan fingerprint density at radius 3 is 0.424 bits per heavy atom.